The Kier molecular flexibility index (Phi) is 7.59. The molecule has 0 saturated carbocycles. The topological polar surface area (TPSA) is 84.4 Å². The third-order valence-electron chi connectivity index (χ3n) is 5.15. The van der Waals surface area contributed by atoms with Crippen LogP contribution in [0.2, 0.25) is 0 Å². The van der Waals surface area contributed by atoms with E-state index in [0.717, 1.165) is 49.1 Å². The lowest BCUT2D eigenvalue weighted by molar-refractivity contribution is 0.187. The fourth-order valence-electron chi connectivity index (χ4n) is 3.52. The number of benzene rings is 2. The van der Waals surface area contributed by atoms with Gasteiger partial charge in [0, 0.05) is 25.3 Å². The molecule has 31 heavy (non-hydrogen) atoms. The van der Waals surface area contributed by atoms with Crippen molar-refractivity contribution in [2.45, 2.75) is 26.4 Å². The van der Waals surface area contributed by atoms with Gasteiger partial charge in [-0.3, -0.25) is 5.32 Å². The lowest BCUT2D eigenvalue weighted by atomic mass is 9.99. The largest absolute Gasteiger partial charge is 0.493 e. The lowest BCUT2D eigenvalue weighted by Crippen LogP contribution is -2.44. The first-order valence-electron chi connectivity index (χ1n) is 10.3. The molecule has 2 aromatic rings. The molecule has 2 aromatic carbocycles. The summed E-state index contributed by atoms with van der Waals surface area (Å²) in [5, 5.41) is 6.04. The number of carbonyl (C=O) groups is 1. The molecule has 1 heterocycles. The van der Waals surface area contributed by atoms with Gasteiger partial charge in [0.05, 0.1) is 27.9 Å². The summed E-state index contributed by atoms with van der Waals surface area (Å²) in [5.41, 5.74) is 4.23. The summed E-state index contributed by atoms with van der Waals surface area (Å²) >= 11 is 0. The smallest absolute Gasteiger partial charge is 0.411 e. The Morgan fingerprint density at radius 2 is 1.74 bits per heavy atom. The first-order chi connectivity index (χ1) is 15.1. The van der Waals surface area contributed by atoms with E-state index in [1.807, 2.05) is 24.3 Å². The van der Waals surface area contributed by atoms with Crippen LogP contribution in [0, 0.1) is 0 Å². The maximum absolute atomic E-state index is 11.3. The van der Waals surface area contributed by atoms with Gasteiger partial charge in [0.2, 0.25) is 0 Å². The molecule has 1 aliphatic rings. The maximum Gasteiger partial charge on any atom is 0.411 e. The van der Waals surface area contributed by atoms with Gasteiger partial charge in [-0.15, -0.1) is 0 Å². The van der Waals surface area contributed by atoms with Crippen LogP contribution >= 0.6 is 0 Å². The third kappa shape index (κ3) is 5.59. The van der Waals surface area contributed by atoms with Gasteiger partial charge < -0.3 is 24.4 Å². The quantitative estimate of drug-likeness (QED) is 0.544. The summed E-state index contributed by atoms with van der Waals surface area (Å²) in [4.78, 5) is 18.4. The average molecular weight is 427 g/mol. The van der Waals surface area contributed by atoms with Crippen molar-refractivity contribution in [3.8, 4) is 11.5 Å². The van der Waals surface area contributed by atoms with Crippen LogP contribution in [0.1, 0.15) is 23.6 Å². The molecule has 2 N–H and O–H groups in total. The van der Waals surface area contributed by atoms with E-state index in [2.05, 4.69) is 39.3 Å². The van der Waals surface area contributed by atoms with Crippen LogP contribution in [-0.2, 0) is 24.2 Å². The maximum atomic E-state index is 11.3. The fourth-order valence-corrected chi connectivity index (χ4v) is 3.52. The Labute approximate surface area is 183 Å². The van der Waals surface area contributed by atoms with Crippen LogP contribution in [0.4, 0.5) is 10.5 Å². The first-order valence-corrected chi connectivity index (χ1v) is 10.3. The van der Waals surface area contributed by atoms with Gasteiger partial charge in [0.1, 0.15) is 0 Å². The monoisotopic (exact) mass is 426 g/mol. The molecule has 3 rings (SSSR count). The van der Waals surface area contributed by atoms with Crippen molar-refractivity contribution >= 4 is 17.7 Å². The Hall–Kier alpha value is -3.42. The molecule has 0 bridgehead atoms. The number of guanidine groups is 1. The molecule has 1 aliphatic heterocycles. The molecule has 0 saturated heterocycles. The van der Waals surface area contributed by atoms with E-state index in [-0.39, 0.29) is 0 Å². The highest BCUT2D eigenvalue weighted by Gasteiger charge is 2.21. The number of hydrogen-bond acceptors (Lipinski definition) is 5. The van der Waals surface area contributed by atoms with Crippen molar-refractivity contribution in [3.63, 3.8) is 0 Å². The molecule has 0 spiro atoms. The molecule has 0 fully saturated rings. The van der Waals surface area contributed by atoms with Crippen LogP contribution in [0.5, 0.6) is 11.5 Å². The lowest BCUT2D eigenvalue weighted by Gasteiger charge is -2.32. The van der Waals surface area contributed by atoms with Gasteiger partial charge in [-0.2, -0.15) is 0 Å². The highest BCUT2D eigenvalue weighted by molar-refractivity contribution is 5.84. The van der Waals surface area contributed by atoms with E-state index in [1.165, 1.54) is 18.2 Å². The Morgan fingerprint density at radius 1 is 1.06 bits per heavy atom. The molecule has 0 aromatic heterocycles. The number of aliphatic imine (C=N–C) groups is 1. The van der Waals surface area contributed by atoms with Crippen molar-refractivity contribution in [1.29, 1.82) is 0 Å². The first kappa shape index (κ1) is 22.3. The van der Waals surface area contributed by atoms with Gasteiger partial charge in [-0.05, 0) is 54.3 Å². The second-order valence-corrected chi connectivity index (χ2v) is 7.13. The van der Waals surface area contributed by atoms with E-state index >= 15 is 0 Å². The Balaban J connectivity index is 1.72. The predicted molar refractivity (Wildman–Crippen MR) is 121 cm³/mol. The number of anilines is 1. The normalized spacial score (nSPS) is 13.3. The van der Waals surface area contributed by atoms with E-state index in [4.69, 9.17) is 14.5 Å². The number of amides is 1. The van der Waals surface area contributed by atoms with Gasteiger partial charge in [0.25, 0.3) is 0 Å². The van der Waals surface area contributed by atoms with Crippen molar-refractivity contribution in [1.82, 2.24) is 10.2 Å². The van der Waals surface area contributed by atoms with E-state index in [0.29, 0.717) is 12.2 Å². The number of fused-ring (bicyclic) bond motifs is 1. The Bertz CT molecular complexity index is 928. The number of ether oxygens (including phenoxy) is 3. The van der Waals surface area contributed by atoms with Crippen molar-refractivity contribution in [2.75, 3.05) is 39.7 Å². The molecule has 0 aliphatic carbocycles. The molecule has 1 amide bonds. The standard InChI is InChI=1S/C23H30N4O4/c1-5-24-22(25-14-16-6-8-19(9-7-16)26-23(28)31-4)27-11-10-17-12-20(29-2)21(30-3)13-18(17)15-27/h6-9,12-13H,5,10-11,14-15H2,1-4H3,(H,24,25)(H,26,28). The summed E-state index contributed by atoms with van der Waals surface area (Å²) < 4.78 is 15.5. The zero-order valence-electron chi connectivity index (χ0n) is 18.5. The summed E-state index contributed by atoms with van der Waals surface area (Å²) in [7, 11) is 4.65. The van der Waals surface area contributed by atoms with Crippen LogP contribution in [0.15, 0.2) is 41.4 Å². The van der Waals surface area contributed by atoms with Crippen LogP contribution in [0.3, 0.4) is 0 Å². The van der Waals surface area contributed by atoms with Crippen molar-refractivity contribution in [2.24, 2.45) is 4.99 Å². The number of nitrogens with one attached hydrogen (secondary N) is 2. The van der Waals surface area contributed by atoms with E-state index in [1.54, 1.807) is 14.2 Å². The highest BCUT2D eigenvalue weighted by atomic mass is 16.5. The second-order valence-electron chi connectivity index (χ2n) is 7.13. The zero-order valence-corrected chi connectivity index (χ0v) is 18.5. The molecule has 8 heteroatoms. The number of rotatable bonds is 6. The van der Waals surface area contributed by atoms with Crippen LogP contribution in [-0.4, -0.2) is 51.4 Å². The summed E-state index contributed by atoms with van der Waals surface area (Å²) in [6.07, 6.45) is 0.424. The van der Waals surface area contributed by atoms with Crippen molar-refractivity contribution < 1.29 is 19.0 Å². The van der Waals surface area contributed by atoms with Gasteiger partial charge in [-0.25, -0.2) is 9.79 Å². The summed E-state index contributed by atoms with van der Waals surface area (Å²) in [6.45, 7) is 5.01. The average Bonchev–Trinajstić information content (AvgIpc) is 2.81. The van der Waals surface area contributed by atoms with Gasteiger partial charge in [0.15, 0.2) is 17.5 Å². The molecule has 0 atom stereocenters. The Morgan fingerprint density at radius 3 is 2.35 bits per heavy atom. The third-order valence-corrected chi connectivity index (χ3v) is 5.15. The molecule has 0 radical (unpaired) electrons. The summed E-state index contributed by atoms with van der Waals surface area (Å²) in [5.74, 6) is 2.38. The zero-order chi connectivity index (χ0) is 22.2. The van der Waals surface area contributed by atoms with E-state index in [9.17, 15) is 4.79 Å². The molecule has 166 valence electrons. The number of nitrogens with zero attached hydrogens (tertiary/aromatic N) is 2. The van der Waals surface area contributed by atoms with Crippen LogP contribution in [0.25, 0.3) is 0 Å². The molecular formula is C23H30N4O4. The molecule has 8 nitrogen and oxygen atoms in total. The minimum absolute atomic E-state index is 0.486. The van der Waals surface area contributed by atoms with E-state index < -0.39 is 6.09 Å². The molecule has 0 unspecified atom stereocenters. The fraction of sp³-hybridized carbons (Fsp3) is 0.391. The minimum atomic E-state index is -0.486. The molecular weight excluding hydrogens is 396 g/mol. The van der Waals surface area contributed by atoms with Gasteiger partial charge in [-0.1, -0.05) is 12.1 Å². The number of methoxy groups -OCH3 is 3. The highest BCUT2D eigenvalue weighted by Crippen LogP contribution is 2.33. The minimum Gasteiger partial charge on any atom is -0.493 e. The van der Waals surface area contributed by atoms with Crippen molar-refractivity contribution in [3.05, 3.63) is 53.1 Å². The van der Waals surface area contributed by atoms with Crippen LogP contribution < -0.4 is 20.1 Å². The van der Waals surface area contributed by atoms with Gasteiger partial charge >= 0.3 is 6.09 Å². The second kappa shape index (κ2) is 10.6. The predicted octanol–water partition coefficient (Wildman–Crippen LogP) is 3.41. The number of carbonyl (C=O) groups excluding carboxylic acids is 1. The SMILES string of the molecule is CCNC(=NCc1ccc(NC(=O)OC)cc1)N1CCc2cc(OC)c(OC)cc2C1. The number of hydrogen-bond donors (Lipinski definition) is 2. The summed E-state index contributed by atoms with van der Waals surface area (Å²) in [6, 6.07) is 11.7.